The van der Waals surface area contributed by atoms with Crippen LogP contribution in [0, 0.1) is 5.92 Å². The Morgan fingerprint density at radius 2 is 2.18 bits per heavy atom. The van der Waals surface area contributed by atoms with Gasteiger partial charge in [-0.2, -0.15) is 5.10 Å². The maximum Gasteiger partial charge on any atom is 0.220 e. The van der Waals surface area contributed by atoms with Crippen molar-refractivity contribution in [3.05, 3.63) is 53.9 Å². The van der Waals surface area contributed by atoms with Crippen LogP contribution in [0.3, 0.4) is 0 Å². The van der Waals surface area contributed by atoms with Crippen molar-refractivity contribution in [2.75, 3.05) is 13.2 Å². The van der Waals surface area contributed by atoms with Crippen LogP contribution in [0.4, 0.5) is 0 Å². The molecule has 0 saturated carbocycles. The first-order valence-electron chi connectivity index (χ1n) is 7.70. The maximum atomic E-state index is 12.0. The topological polar surface area (TPSA) is 56.1 Å². The van der Waals surface area contributed by atoms with Crippen molar-refractivity contribution in [3.63, 3.8) is 0 Å². The molecule has 1 N–H and O–H groups in total. The molecule has 0 unspecified atom stereocenters. The molecule has 1 fully saturated rings. The minimum absolute atomic E-state index is 0.101. The van der Waals surface area contributed by atoms with Crippen LogP contribution in [0.2, 0.25) is 0 Å². The minimum Gasteiger partial charge on any atom is -0.381 e. The molecule has 22 heavy (non-hydrogen) atoms. The zero-order valence-electron chi connectivity index (χ0n) is 12.6. The summed E-state index contributed by atoms with van der Waals surface area (Å²) in [6, 6.07) is 10.1. The van der Waals surface area contributed by atoms with Gasteiger partial charge in [-0.3, -0.25) is 9.48 Å². The number of hydrogen-bond acceptors (Lipinski definition) is 3. The monoisotopic (exact) mass is 299 g/mol. The van der Waals surface area contributed by atoms with Crippen LogP contribution < -0.4 is 5.32 Å². The average molecular weight is 299 g/mol. The molecule has 2 aromatic rings. The van der Waals surface area contributed by atoms with Crippen LogP contribution in [0.25, 0.3) is 0 Å². The van der Waals surface area contributed by atoms with Crippen LogP contribution in [0.5, 0.6) is 0 Å². The van der Waals surface area contributed by atoms with Gasteiger partial charge in [0.2, 0.25) is 5.91 Å². The number of amides is 1. The highest BCUT2D eigenvalue weighted by Gasteiger charge is 2.18. The van der Waals surface area contributed by atoms with E-state index >= 15 is 0 Å². The van der Waals surface area contributed by atoms with Gasteiger partial charge in [0.05, 0.1) is 6.54 Å². The lowest BCUT2D eigenvalue weighted by atomic mass is 10.0. The van der Waals surface area contributed by atoms with E-state index in [1.54, 1.807) is 6.20 Å². The zero-order chi connectivity index (χ0) is 15.2. The third-order valence-corrected chi connectivity index (χ3v) is 3.98. The fraction of sp³-hybridized carbons (Fsp3) is 0.412. The number of aromatic nitrogens is 2. The van der Waals surface area contributed by atoms with Crippen LogP contribution in [-0.4, -0.2) is 28.9 Å². The molecule has 0 bridgehead atoms. The van der Waals surface area contributed by atoms with Crippen molar-refractivity contribution in [3.8, 4) is 0 Å². The van der Waals surface area contributed by atoms with E-state index in [9.17, 15) is 4.79 Å². The number of carbonyl (C=O) groups is 1. The van der Waals surface area contributed by atoms with Crippen molar-refractivity contribution < 1.29 is 9.53 Å². The van der Waals surface area contributed by atoms with Crippen LogP contribution in [0.15, 0.2) is 42.7 Å². The molecular formula is C17H21N3O2. The van der Waals surface area contributed by atoms with Crippen molar-refractivity contribution in [1.82, 2.24) is 15.1 Å². The summed E-state index contributed by atoms with van der Waals surface area (Å²) in [6.07, 6.45) is 5.26. The molecule has 3 rings (SSSR count). The summed E-state index contributed by atoms with van der Waals surface area (Å²) in [7, 11) is 0. The van der Waals surface area contributed by atoms with Crippen molar-refractivity contribution in [2.45, 2.75) is 25.9 Å². The molecule has 5 heteroatoms. The molecule has 1 amide bonds. The fourth-order valence-electron chi connectivity index (χ4n) is 2.73. The first kappa shape index (κ1) is 14.8. The Hall–Kier alpha value is -2.14. The highest BCUT2D eigenvalue weighted by Crippen LogP contribution is 2.16. The summed E-state index contributed by atoms with van der Waals surface area (Å²) < 4.78 is 7.19. The Morgan fingerprint density at radius 1 is 1.32 bits per heavy atom. The van der Waals surface area contributed by atoms with Gasteiger partial charge in [0.15, 0.2) is 0 Å². The summed E-state index contributed by atoms with van der Waals surface area (Å²) in [6.45, 7) is 2.77. The highest BCUT2D eigenvalue weighted by atomic mass is 16.5. The lowest BCUT2D eigenvalue weighted by molar-refractivity contribution is -0.122. The van der Waals surface area contributed by atoms with Crippen LogP contribution in [-0.2, 0) is 22.6 Å². The summed E-state index contributed by atoms with van der Waals surface area (Å²) in [5, 5.41) is 7.25. The Kier molecular flexibility index (Phi) is 4.85. The molecule has 5 nitrogen and oxygen atoms in total. The molecule has 0 radical (unpaired) electrons. The second kappa shape index (κ2) is 7.22. The summed E-state index contributed by atoms with van der Waals surface area (Å²) in [5.41, 5.74) is 2.31. The number of benzene rings is 1. The first-order valence-corrected chi connectivity index (χ1v) is 7.70. The number of carbonyl (C=O) groups excluding carboxylic acids is 1. The second-order valence-electron chi connectivity index (χ2n) is 5.68. The lowest BCUT2D eigenvalue weighted by Gasteiger charge is -2.12. The van der Waals surface area contributed by atoms with Crippen molar-refractivity contribution >= 4 is 5.91 Å². The summed E-state index contributed by atoms with van der Waals surface area (Å²) >= 11 is 0. The largest absolute Gasteiger partial charge is 0.381 e. The van der Waals surface area contributed by atoms with Gasteiger partial charge in [-0.05, 0) is 29.5 Å². The van der Waals surface area contributed by atoms with Gasteiger partial charge in [0.1, 0.15) is 0 Å². The molecule has 116 valence electrons. The molecule has 1 aliphatic rings. The van der Waals surface area contributed by atoms with Gasteiger partial charge in [-0.1, -0.05) is 24.3 Å². The Balaban J connectivity index is 1.56. The summed E-state index contributed by atoms with van der Waals surface area (Å²) in [5.74, 6) is 0.476. The molecule has 1 aliphatic heterocycles. The molecule has 1 aromatic heterocycles. The van der Waals surface area contributed by atoms with Crippen molar-refractivity contribution in [1.29, 1.82) is 0 Å². The first-order chi connectivity index (χ1) is 10.8. The Labute approximate surface area is 130 Å². The molecule has 1 aromatic carbocycles. The van der Waals surface area contributed by atoms with Crippen LogP contribution in [0.1, 0.15) is 24.0 Å². The Morgan fingerprint density at radius 3 is 2.91 bits per heavy atom. The third kappa shape index (κ3) is 3.95. The smallest absolute Gasteiger partial charge is 0.220 e. The average Bonchev–Trinajstić information content (AvgIpc) is 3.20. The number of ether oxygens (including phenoxy) is 1. The SMILES string of the molecule is O=C(C[C@@H]1CCOC1)NCc1ccccc1Cn1cccn1. The van der Waals surface area contributed by atoms with E-state index in [2.05, 4.69) is 22.5 Å². The van der Waals surface area contributed by atoms with Crippen molar-refractivity contribution in [2.24, 2.45) is 5.92 Å². The highest BCUT2D eigenvalue weighted by molar-refractivity contribution is 5.76. The van der Waals surface area contributed by atoms with E-state index in [1.165, 1.54) is 5.56 Å². The van der Waals surface area contributed by atoms with E-state index in [4.69, 9.17) is 4.74 Å². The minimum atomic E-state index is 0.101. The molecule has 1 atom stereocenters. The van der Waals surface area contributed by atoms with E-state index in [0.29, 0.717) is 25.5 Å². The van der Waals surface area contributed by atoms with Gasteiger partial charge in [-0.15, -0.1) is 0 Å². The number of nitrogens with one attached hydrogen (secondary N) is 1. The van der Waals surface area contributed by atoms with Crippen LogP contribution >= 0.6 is 0 Å². The van der Waals surface area contributed by atoms with E-state index in [0.717, 1.165) is 25.1 Å². The second-order valence-corrected chi connectivity index (χ2v) is 5.68. The molecule has 1 saturated heterocycles. The lowest BCUT2D eigenvalue weighted by Crippen LogP contribution is -2.26. The predicted octanol–water partition coefficient (Wildman–Crippen LogP) is 1.97. The molecule has 0 spiro atoms. The normalized spacial score (nSPS) is 17.5. The van der Waals surface area contributed by atoms with Gasteiger partial charge >= 0.3 is 0 Å². The maximum absolute atomic E-state index is 12.0. The summed E-state index contributed by atoms with van der Waals surface area (Å²) in [4.78, 5) is 12.0. The number of rotatable bonds is 6. The third-order valence-electron chi connectivity index (χ3n) is 3.98. The number of nitrogens with zero attached hydrogens (tertiary/aromatic N) is 2. The quantitative estimate of drug-likeness (QED) is 0.887. The molecular weight excluding hydrogens is 278 g/mol. The van der Waals surface area contributed by atoms with E-state index < -0.39 is 0 Å². The predicted molar refractivity (Wildman–Crippen MR) is 83.2 cm³/mol. The molecule has 2 heterocycles. The van der Waals surface area contributed by atoms with Gasteiger partial charge in [0.25, 0.3) is 0 Å². The van der Waals surface area contributed by atoms with Gasteiger partial charge < -0.3 is 10.1 Å². The van der Waals surface area contributed by atoms with E-state index in [-0.39, 0.29) is 5.91 Å². The van der Waals surface area contributed by atoms with Gasteiger partial charge in [-0.25, -0.2) is 0 Å². The Bertz CT molecular complexity index is 604. The van der Waals surface area contributed by atoms with E-state index in [1.807, 2.05) is 29.1 Å². The molecule has 0 aliphatic carbocycles. The standard InChI is InChI=1S/C17H21N3O2/c21-17(10-14-6-9-22-13-14)18-11-15-4-1-2-5-16(15)12-20-8-3-7-19-20/h1-5,7-8,14H,6,9-13H2,(H,18,21)/t14-/m0/s1. The van der Waals surface area contributed by atoms with Gasteiger partial charge in [0, 0.05) is 38.6 Å². The fourth-order valence-corrected chi connectivity index (χ4v) is 2.73. The zero-order valence-corrected chi connectivity index (χ0v) is 12.6. The number of hydrogen-bond donors (Lipinski definition) is 1.